The fraction of sp³-hybridized carbons (Fsp3) is 0.188. The number of rotatable bonds is 4. The minimum absolute atomic E-state index is 0.0942. The number of anilines is 1. The molecule has 2 N–H and O–H groups in total. The molecule has 0 fully saturated rings. The van der Waals surface area contributed by atoms with E-state index in [0.717, 1.165) is 5.56 Å². The number of aryl methyl sites for hydroxylation is 1. The second-order valence-electron chi connectivity index (χ2n) is 4.81. The molecular formula is C16H15F3N2O2S. The first-order valence-corrected chi connectivity index (χ1v) is 7.71. The van der Waals surface area contributed by atoms with E-state index in [-0.39, 0.29) is 22.7 Å². The quantitative estimate of drug-likeness (QED) is 0.745. The molecule has 2 amide bonds. The molecule has 0 unspecified atom stereocenters. The van der Waals surface area contributed by atoms with E-state index < -0.39 is 5.51 Å². The molecule has 2 rings (SSSR count). The van der Waals surface area contributed by atoms with Gasteiger partial charge in [-0.1, -0.05) is 0 Å². The molecule has 0 saturated heterocycles. The number of carbonyl (C=O) groups excluding carboxylic acids is 1. The Kier molecular flexibility index (Phi) is 5.61. The Balaban J connectivity index is 2.06. The summed E-state index contributed by atoms with van der Waals surface area (Å²) in [6.07, 6.45) is 0. The van der Waals surface area contributed by atoms with Crippen LogP contribution in [0.5, 0.6) is 11.5 Å². The number of ether oxygens (including phenoxy) is 1. The molecule has 0 bridgehead atoms. The van der Waals surface area contributed by atoms with Crippen LogP contribution in [0, 0.1) is 6.92 Å². The molecule has 24 heavy (non-hydrogen) atoms. The monoisotopic (exact) mass is 356 g/mol. The van der Waals surface area contributed by atoms with Crippen LogP contribution in [-0.2, 0) is 0 Å². The predicted octanol–water partition coefficient (Wildman–Crippen LogP) is 5.15. The van der Waals surface area contributed by atoms with Gasteiger partial charge in [-0.15, -0.1) is 0 Å². The van der Waals surface area contributed by atoms with Gasteiger partial charge in [-0.3, -0.25) is 0 Å². The standard InChI is InChI=1S/C16H15F3N2O2S/c1-10-9-11(21-15(22)20-2)3-8-14(10)23-12-4-6-13(7-5-12)24-16(17,18)19/h3-9H,1-2H3,(H2,20,21,22). The minimum atomic E-state index is -4.31. The maximum Gasteiger partial charge on any atom is 0.446 e. The number of benzene rings is 2. The zero-order valence-corrected chi connectivity index (χ0v) is 13.7. The number of alkyl halides is 3. The lowest BCUT2D eigenvalue weighted by molar-refractivity contribution is -0.0328. The Morgan fingerprint density at radius 3 is 2.33 bits per heavy atom. The molecule has 8 heteroatoms. The van der Waals surface area contributed by atoms with E-state index in [1.54, 1.807) is 25.1 Å². The van der Waals surface area contributed by atoms with Crippen molar-refractivity contribution in [2.75, 3.05) is 12.4 Å². The number of nitrogens with one attached hydrogen (secondary N) is 2. The molecule has 0 atom stereocenters. The highest BCUT2D eigenvalue weighted by atomic mass is 32.2. The first kappa shape index (κ1) is 18.0. The Bertz CT molecular complexity index is 718. The highest BCUT2D eigenvalue weighted by Gasteiger charge is 2.29. The first-order valence-electron chi connectivity index (χ1n) is 6.90. The van der Waals surface area contributed by atoms with Crippen LogP contribution < -0.4 is 15.4 Å². The van der Waals surface area contributed by atoms with Crippen LogP contribution in [0.3, 0.4) is 0 Å². The number of hydrogen-bond donors (Lipinski definition) is 2. The van der Waals surface area contributed by atoms with Crippen molar-refractivity contribution in [1.82, 2.24) is 5.32 Å². The van der Waals surface area contributed by atoms with E-state index in [0.29, 0.717) is 17.2 Å². The molecular weight excluding hydrogens is 341 g/mol. The molecule has 0 aliphatic carbocycles. The SMILES string of the molecule is CNC(=O)Nc1ccc(Oc2ccc(SC(F)(F)F)cc2)c(C)c1. The summed E-state index contributed by atoms with van der Waals surface area (Å²) in [6.45, 7) is 1.80. The van der Waals surface area contributed by atoms with Crippen molar-refractivity contribution in [3.63, 3.8) is 0 Å². The lowest BCUT2D eigenvalue weighted by atomic mass is 10.2. The van der Waals surface area contributed by atoms with Gasteiger partial charge in [0.2, 0.25) is 0 Å². The number of amides is 2. The third kappa shape index (κ3) is 5.38. The van der Waals surface area contributed by atoms with Gasteiger partial charge in [-0.05, 0) is 66.7 Å². The third-order valence-corrected chi connectivity index (χ3v) is 3.68. The van der Waals surface area contributed by atoms with Crippen LogP contribution in [0.2, 0.25) is 0 Å². The van der Waals surface area contributed by atoms with E-state index in [4.69, 9.17) is 4.74 Å². The predicted molar refractivity (Wildman–Crippen MR) is 87.7 cm³/mol. The molecule has 0 spiro atoms. The smallest absolute Gasteiger partial charge is 0.446 e. The minimum Gasteiger partial charge on any atom is -0.457 e. The third-order valence-electron chi connectivity index (χ3n) is 2.94. The van der Waals surface area contributed by atoms with Gasteiger partial charge in [0.1, 0.15) is 11.5 Å². The molecule has 0 saturated carbocycles. The molecule has 2 aromatic carbocycles. The number of halogens is 3. The molecule has 0 aliphatic rings. The fourth-order valence-electron chi connectivity index (χ4n) is 1.87. The van der Waals surface area contributed by atoms with Gasteiger partial charge in [-0.25, -0.2) is 4.79 Å². The van der Waals surface area contributed by atoms with Crippen LogP contribution in [0.1, 0.15) is 5.56 Å². The number of hydrogen-bond acceptors (Lipinski definition) is 3. The molecule has 4 nitrogen and oxygen atoms in total. The largest absolute Gasteiger partial charge is 0.457 e. The van der Waals surface area contributed by atoms with E-state index in [1.165, 1.54) is 31.3 Å². The van der Waals surface area contributed by atoms with Crippen molar-refractivity contribution in [3.8, 4) is 11.5 Å². The van der Waals surface area contributed by atoms with Crippen molar-refractivity contribution < 1.29 is 22.7 Å². The molecule has 0 aromatic heterocycles. The van der Waals surface area contributed by atoms with E-state index in [2.05, 4.69) is 10.6 Å². The average molecular weight is 356 g/mol. The van der Waals surface area contributed by atoms with E-state index in [1.807, 2.05) is 0 Å². The first-order chi connectivity index (χ1) is 11.3. The number of thioether (sulfide) groups is 1. The Hall–Kier alpha value is -2.35. The lowest BCUT2D eigenvalue weighted by Gasteiger charge is -2.12. The van der Waals surface area contributed by atoms with Gasteiger partial charge in [0.25, 0.3) is 0 Å². The van der Waals surface area contributed by atoms with Crippen molar-refractivity contribution in [2.24, 2.45) is 0 Å². The number of carbonyl (C=O) groups is 1. The van der Waals surface area contributed by atoms with Crippen molar-refractivity contribution in [2.45, 2.75) is 17.3 Å². The summed E-state index contributed by atoms with van der Waals surface area (Å²) in [4.78, 5) is 11.4. The zero-order valence-electron chi connectivity index (χ0n) is 12.9. The molecule has 0 aliphatic heterocycles. The molecule has 0 radical (unpaired) electrons. The fourth-order valence-corrected chi connectivity index (χ4v) is 2.41. The molecule has 2 aromatic rings. The Morgan fingerprint density at radius 1 is 1.12 bits per heavy atom. The summed E-state index contributed by atoms with van der Waals surface area (Å²) in [5.41, 5.74) is -2.93. The Morgan fingerprint density at radius 2 is 1.79 bits per heavy atom. The van der Waals surface area contributed by atoms with Gasteiger partial charge in [0.15, 0.2) is 0 Å². The Labute approximate surface area is 141 Å². The number of urea groups is 1. The average Bonchev–Trinajstić information content (AvgIpc) is 2.50. The van der Waals surface area contributed by atoms with Crippen LogP contribution in [0.25, 0.3) is 0 Å². The summed E-state index contributed by atoms with van der Waals surface area (Å²) in [7, 11) is 1.51. The summed E-state index contributed by atoms with van der Waals surface area (Å²) < 4.78 is 42.5. The van der Waals surface area contributed by atoms with Crippen LogP contribution >= 0.6 is 11.8 Å². The van der Waals surface area contributed by atoms with Gasteiger partial charge in [0.05, 0.1) is 0 Å². The van der Waals surface area contributed by atoms with Crippen LogP contribution in [0.4, 0.5) is 23.7 Å². The van der Waals surface area contributed by atoms with Gasteiger partial charge >= 0.3 is 11.5 Å². The highest BCUT2D eigenvalue weighted by molar-refractivity contribution is 8.00. The van der Waals surface area contributed by atoms with E-state index in [9.17, 15) is 18.0 Å². The van der Waals surface area contributed by atoms with E-state index >= 15 is 0 Å². The maximum atomic E-state index is 12.3. The normalized spacial score (nSPS) is 11.0. The second-order valence-corrected chi connectivity index (χ2v) is 5.94. The molecule has 0 heterocycles. The second kappa shape index (κ2) is 7.48. The summed E-state index contributed by atoms with van der Waals surface area (Å²) >= 11 is -0.173. The lowest BCUT2D eigenvalue weighted by Crippen LogP contribution is -2.24. The summed E-state index contributed by atoms with van der Waals surface area (Å²) in [5, 5.41) is 5.08. The topological polar surface area (TPSA) is 50.4 Å². The summed E-state index contributed by atoms with van der Waals surface area (Å²) in [5.74, 6) is 0.977. The van der Waals surface area contributed by atoms with Crippen molar-refractivity contribution >= 4 is 23.5 Å². The zero-order chi connectivity index (χ0) is 17.7. The van der Waals surface area contributed by atoms with Crippen molar-refractivity contribution in [1.29, 1.82) is 0 Å². The van der Waals surface area contributed by atoms with Crippen LogP contribution in [-0.4, -0.2) is 18.6 Å². The maximum absolute atomic E-state index is 12.3. The highest BCUT2D eigenvalue weighted by Crippen LogP contribution is 2.37. The van der Waals surface area contributed by atoms with Gasteiger partial charge in [0, 0.05) is 17.6 Å². The molecule has 128 valence electrons. The van der Waals surface area contributed by atoms with Crippen LogP contribution in [0.15, 0.2) is 47.4 Å². The van der Waals surface area contributed by atoms with Gasteiger partial charge in [-0.2, -0.15) is 13.2 Å². The van der Waals surface area contributed by atoms with Crippen molar-refractivity contribution in [3.05, 3.63) is 48.0 Å². The van der Waals surface area contributed by atoms with Gasteiger partial charge < -0.3 is 15.4 Å². The summed E-state index contributed by atoms with van der Waals surface area (Å²) in [6, 6.07) is 10.4.